The largest absolute Gasteiger partial charge is 0.508 e. The molecule has 0 radical (unpaired) electrons. The van der Waals surface area contributed by atoms with Crippen LogP contribution in [-0.4, -0.2) is 51.9 Å². The summed E-state index contributed by atoms with van der Waals surface area (Å²) >= 11 is 1.47. The number of phenols is 2. The van der Waals surface area contributed by atoms with Crippen LogP contribution in [0.2, 0.25) is 0 Å². The number of hydrogen-bond acceptors (Lipinski definition) is 7. The van der Waals surface area contributed by atoms with E-state index in [0.29, 0.717) is 31.0 Å². The molecule has 1 aliphatic rings. The summed E-state index contributed by atoms with van der Waals surface area (Å²) in [5.41, 5.74) is 1.24. The van der Waals surface area contributed by atoms with Crippen LogP contribution in [0, 0.1) is 0 Å². The maximum atomic E-state index is 11.7. The number of thiazole rings is 1. The highest BCUT2D eigenvalue weighted by molar-refractivity contribution is 7.14. The molecule has 1 fully saturated rings. The van der Waals surface area contributed by atoms with E-state index in [0.717, 1.165) is 18.0 Å². The van der Waals surface area contributed by atoms with Crippen LogP contribution in [0.1, 0.15) is 19.8 Å². The summed E-state index contributed by atoms with van der Waals surface area (Å²) < 4.78 is 5.02. The van der Waals surface area contributed by atoms with Gasteiger partial charge in [-0.2, -0.15) is 0 Å². The minimum atomic E-state index is -0.250. The van der Waals surface area contributed by atoms with Crippen molar-refractivity contribution in [2.75, 3.05) is 25.0 Å². The smallest absolute Gasteiger partial charge is 0.409 e. The number of nitrogens with zero attached hydrogens (tertiary/aromatic N) is 2. The zero-order valence-electron chi connectivity index (χ0n) is 13.9. The van der Waals surface area contributed by atoms with Gasteiger partial charge in [-0.25, -0.2) is 9.78 Å². The second kappa shape index (κ2) is 7.60. The molecule has 3 rings (SSSR count). The topological polar surface area (TPSA) is 94.9 Å². The Morgan fingerprint density at radius 1 is 1.40 bits per heavy atom. The number of likely N-dealkylation sites (tertiary alicyclic amines) is 1. The number of nitrogens with one attached hydrogen (secondary N) is 1. The number of ether oxygens (including phenoxy) is 1. The van der Waals surface area contributed by atoms with Gasteiger partial charge in [0.2, 0.25) is 0 Å². The van der Waals surface area contributed by atoms with Crippen molar-refractivity contribution in [3.8, 4) is 22.8 Å². The van der Waals surface area contributed by atoms with E-state index >= 15 is 0 Å². The van der Waals surface area contributed by atoms with Crippen molar-refractivity contribution >= 4 is 22.6 Å². The predicted molar refractivity (Wildman–Crippen MR) is 96.1 cm³/mol. The fourth-order valence-corrected chi connectivity index (χ4v) is 3.58. The van der Waals surface area contributed by atoms with Crippen molar-refractivity contribution in [2.24, 2.45) is 0 Å². The predicted octanol–water partition coefficient (Wildman–Crippen LogP) is 3.25. The number of piperidine rings is 1. The first kappa shape index (κ1) is 17.3. The third kappa shape index (κ3) is 4.14. The summed E-state index contributed by atoms with van der Waals surface area (Å²) in [6, 6.07) is 4.71. The van der Waals surface area contributed by atoms with Crippen LogP contribution in [0.4, 0.5) is 9.93 Å². The SMILES string of the molecule is CCOC(=O)N1CCC(Nc2nc(-c3ccc(O)cc3O)cs2)CC1. The molecule has 3 N–H and O–H groups in total. The number of anilines is 1. The standard InChI is InChI=1S/C17H21N3O4S/c1-2-24-17(23)20-7-5-11(6-8-20)18-16-19-14(10-25-16)13-4-3-12(21)9-15(13)22/h3-4,9-11,21-22H,2,5-8H2,1H3,(H,18,19). The first-order valence-corrected chi connectivity index (χ1v) is 9.11. The number of phenolic OH excluding ortho intramolecular Hbond substituents is 2. The Labute approximate surface area is 149 Å². The summed E-state index contributed by atoms with van der Waals surface area (Å²) in [5, 5.41) is 25.3. The molecule has 0 atom stereocenters. The van der Waals surface area contributed by atoms with Gasteiger partial charge in [0.25, 0.3) is 0 Å². The summed E-state index contributed by atoms with van der Waals surface area (Å²) in [7, 11) is 0. The van der Waals surface area contributed by atoms with Gasteiger partial charge in [-0.05, 0) is 31.9 Å². The van der Waals surface area contributed by atoms with Crippen LogP contribution < -0.4 is 5.32 Å². The van der Waals surface area contributed by atoms with Gasteiger partial charge >= 0.3 is 6.09 Å². The normalized spacial score (nSPS) is 15.2. The number of carbonyl (C=O) groups excluding carboxylic acids is 1. The number of rotatable bonds is 4. The van der Waals surface area contributed by atoms with Crippen LogP contribution in [0.5, 0.6) is 11.5 Å². The molecule has 1 saturated heterocycles. The lowest BCUT2D eigenvalue weighted by molar-refractivity contribution is 0.0983. The average Bonchev–Trinajstić information content (AvgIpc) is 3.04. The second-order valence-electron chi connectivity index (χ2n) is 5.84. The molecule has 2 heterocycles. The molecule has 25 heavy (non-hydrogen) atoms. The van der Waals surface area contributed by atoms with E-state index in [9.17, 15) is 15.0 Å². The van der Waals surface area contributed by atoms with Crippen molar-refractivity contribution in [1.82, 2.24) is 9.88 Å². The zero-order valence-corrected chi connectivity index (χ0v) is 14.8. The Balaban J connectivity index is 1.58. The molecule has 1 aromatic heterocycles. The lowest BCUT2D eigenvalue weighted by Gasteiger charge is -2.31. The zero-order chi connectivity index (χ0) is 17.8. The Morgan fingerprint density at radius 2 is 2.16 bits per heavy atom. The molecule has 1 aromatic carbocycles. The summed E-state index contributed by atoms with van der Waals surface area (Å²) in [5.74, 6) is 0.0165. The maximum absolute atomic E-state index is 11.7. The molecule has 0 saturated carbocycles. The van der Waals surface area contributed by atoms with Gasteiger partial charge in [0.15, 0.2) is 5.13 Å². The molecular formula is C17H21N3O4S. The van der Waals surface area contributed by atoms with E-state index in [-0.39, 0.29) is 23.6 Å². The molecule has 7 nitrogen and oxygen atoms in total. The maximum Gasteiger partial charge on any atom is 0.409 e. The summed E-state index contributed by atoms with van der Waals surface area (Å²) in [6.45, 7) is 3.52. The third-order valence-corrected chi connectivity index (χ3v) is 4.88. The molecule has 0 unspecified atom stereocenters. The third-order valence-electron chi connectivity index (χ3n) is 4.11. The lowest BCUT2D eigenvalue weighted by atomic mass is 10.1. The molecule has 1 amide bonds. The minimum Gasteiger partial charge on any atom is -0.508 e. The first-order valence-electron chi connectivity index (χ1n) is 8.23. The van der Waals surface area contributed by atoms with E-state index in [1.807, 2.05) is 5.38 Å². The number of aromatic hydroxyl groups is 2. The fourth-order valence-electron chi connectivity index (χ4n) is 2.80. The minimum absolute atomic E-state index is 0.000375. The van der Waals surface area contributed by atoms with E-state index < -0.39 is 0 Å². The van der Waals surface area contributed by atoms with Crippen molar-refractivity contribution < 1.29 is 19.7 Å². The fraction of sp³-hybridized carbons (Fsp3) is 0.412. The van der Waals surface area contributed by atoms with Crippen LogP contribution in [0.25, 0.3) is 11.3 Å². The highest BCUT2D eigenvalue weighted by atomic mass is 32.1. The van der Waals surface area contributed by atoms with Gasteiger partial charge in [0.1, 0.15) is 11.5 Å². The van der Waals surface area contributed by atoms with Crippen molar-refractivity contribution in [1.29, 1.82) is 0 Å². The Bertz CT molecular complexity index is 741. The number of carbonyl (C=O) groups is 1. The molecule has 0 spiro atoms. The van der Waals surface area contributed by atoms with Crippen molar-refractivity contribution in [3.05, 3.63) is 23.6 Å². The van der Waals surface area contributed by atoms with Crippen LogP contribution >= 0.6 is 11.3 Å². The number of amides is 1. The molecular weight excluding hydrogens is 342 g/mol. The van der Waals surface area contributed by atoms with Crippen molar-refractivity contribution in [2.45, 2.75) is 25.8 Å². The van der Waals surface area contributed by atoms with Gasteiger partial charge in [-0.15, -0.1) is 11.3 Å². The number of hydrogen-bond donors (Lipinski definition) is 3. The van der Waals surface area contributed by atoms with E-state index in [4.69, 9.17) is 4.74 Å². The average molecular weight is 363 g/mol. The molecule has 8 heteroatoms. The number of aromatic nitrogens is 1. The van der Waals surface area contributed by atoms with Crippen molar-refractivity contribution in [3.63, 3.8) is 0 Å². The van der Waals surface area contributed by atoms with E-state index in [1.165, 1.54) is 23.5 Å². The quantitative estimate of drug-likeness (QED) is 0.772. The van der Waals surface area contributed by atoms with Gasteiger partial charge in [0, 0.05) is 36.1 Å². The monoisotopic (exact) mass is 363 g/mol. The molecule has 1 aliphatic heterocycles. The second-order valence-corrected chi connectivity index (χ2v) is 6.70. The lowest BCUT2D eigenvalue weighted by Crippen LogP contribution is -2.42. The number of benzene rings is 1. The van der Waals surface area contributed by atoms with Crippen LogP contribution in [-0.2, 0) is 4.74 Å². The van der Waals surface area contributed by atoms with E-state index in [2.05, 4.69) is 10.3 Å². The highest BCUT2D eigenvalue weighted by Crippen LogP contribution is 2.34. The van der Waals surface area contributed by atoms with Gasteiger partial charge in [-0.3, -0.25) is 0 Å². The first-order chi connectivity index (χ1) is 12.1. The Kier molecular flexibility index (Phi) is 5.28. The highest BCUT2D eigenvalue weighted by Gasteiger charge is 2.24. The van der Waals surface area contributed by atoms with Gasteiger partial charge in [0.05, 0.1) is 12.3 Å². The van der Waals surface area contributed by atoms with Crippen LogP contribution in [0.15, 0.2) is 23.6 Å². The van der Waals surface area contributed by atoms with E-state index in [1.54, 1.807) is 17.9 Å². The summed E-state index contributed by atoms with van der Waals surface area (Å²) in [6.07, 6.45) is 1.41. The Hall–Kier alpha value is -2.48. The Morgan fingerprint density at radius 3 is 2.84 bits per heavy atom. The summed E-state index contributed by atoms with van der Waals surface area (Å²) in [4.78, 5) is 17.9. The molecule has 134 valence electrons. The van der Waals surface area contributed by atoms with Crippen LogP contribution in [0.3, 0.4) is 0 Å². The van der Waals surface area contributed by atoms with Gasteiger partial charge < -0.3 is 25.2 Å². The van der Waals surface area contributed by atoms with Gasteiger partial charge in [-0.1, -0.05) is 0 Å². The molecule has 0 bridgehead atoms. The molecule has 0 aliphatic carbocycles. The molecule has 2 aromatic rings.